The predicted molar refractivity (Wildman–Crippen MR) is 48.1 cm³/mol. The fourth-order valence-electron chi connectivity index (χ4n) is 0.639. The second-order valence-electron chi connectivity index (χ2n) is 3.17. The number of carbonyl (C=O) groups is 1. The minimum Gasteiger partial charge on any atom is -0.434 e. The van der Waals surface area contributed by atoms with Crippen LogP contribution in [0.15, 0.2) is 0 Å². The molecule has 0 spiro atoms. The van der Waals surface area contributed by atoms with Gasteiger partial charge in [0.1, 0.15) is 0 Å². The fourth-order valence-corrected chi connectivity index (χ4v) is 0.639. The topological polar surface area (TPSA) is 61.8 Å². The van der Waals surface area contributed by atoms with Crippen LogP contribution >= 0.6 is 0 Å². The van der Waals surface area contributed by atoms with E-state index in [9.17, 15) is 9.59 Å². The maximum absolute atomic E-state index is 10.9. The Bertz CT molecular complexity index is 178. The van der Waals surface area contributed by atoms with Gasteiger partial charge in [-0.3, -0.25) is 0 Å². The van der Waals surface area contributed by atoms with E-state index < -0.39 is 12.4 Å². The minimum absolute atomic E-state index is 0.300. The van der Waals surface area contributed by atoms with E-state index in [-0.39, 0.29) is 0 Å². The predicted octanol–water partition coefficient (Wildman–Crippen LogP) is 1.62. The molecule has 1 radical (unpaired) electrons. The van der Waals surface area contributed by atoms with Gasteiger partial charge in [0.05, 0.1) is 6.61 Å². The molecule has 0 aromatic heterocycles. The first-order chi connectivity index (χ1) is 6.56. The Morgan fingerprint density at radius 1 is 1.36 bits per heavy atom. The van der Waals surface area contributed by atoms with Gasteiger partial charge < -0.3 is 14.2 Å². The van der Waals surface area contributed by atoms with E-state index in [2.05, 4.69) is 9.47 Å². The molecule has 0 aliphatic rings. The highest BCUT2D eigenvalue weighted by atomic mass is 16.8. The molecule has 0 N–H and O–H groups in total. The third-order valence-electron chi connectivity index (χ3n) is 1.39. The number of carbonyl (C=O) groups excluding carboxylic acids is 2. The Balaban J connectivity index is 3.49. The van der Waals surface area contributed by atoms with Crippen LogP contribution < -0.4 is 0 Å². The SMILES string of the molecule is CC(C)CCOC(=O)OC(C)O[C]=O. The summed E-state index contributed by atoms with van der Waals surface area (Å²) in [5.74, 6) is 0.458. The molecule has 14 heavy (non-hydrogen) atoms. The van der Waals surface area contributed by atoms with Gasteiger partial charge in [-0.1, -0.05) is 13.8 Å². The normalized spacial score (nSPS) is 12.0. The smallest absolute Gasteiger partial charge is 0.434 e. The van der Waals surface area contributed by atoms with Crippen molar-refractivity contribution >= 4 is 12.6 Å². The molecule has 0 rings (SSSR count). The van der Waals surface area contributed by atoms with Crippen LogP contribution in [0.25, 0.3) is 0 Å². The first-order valence-electron chi connectivity index (χ1n) is 4.42. The van der Waals surface area contributed by atoms with E-state index >= 15 is 0 Å². The highest BCUT2D eigenvalue weighted by Crippen LogP contribution is 2.01. The first-order valence-corrected chi connectivity index (χ1v) is 4.42. The lowest BCUT2D eigenvalue weighted by atomic mass is 10.1. The molecular weight excluding hydrogens is 188 g/mol. The van der Waals surface area contributed by atoms with Crippen LogP contribution in [-0.2, 0) is 19.0 Å². The van der Waals surface area contributed by atoms with Crippen LogP contribution in [0.2, 0.25) is 0 Å². The molecule has 0 aromatic rings. The van der Waals surface area contributed by atoms with Gasteiger partial charge in [-0.2, -0.15) is 0 Å². The van der Waals surface area contributed by atoms with Crippen molar-refractivity contribution in [1.82, 2.24) is 0 Å². The molecule has 1 atom stereocenters. The van der Waals surface area contributed by atoms with Crippen molar-refractivity contribution in [3.8, 4) is 0 Å². The lowest BCUT2D eigenvalue weighted by Crippen LogP contribution is -2.19. The molecule has 0 aromatic carbocycles. The zero-order valence-electron chi connectivity index (χ0n) is 8.61. The zero-order valence-corrected chi connectivity index (χ0v) is 8.61. The van der Waals surface area contributed by atoms with E-state index in [1.165, 1.54) is 6.92 Å². The largest absolute Gasteiger partial charge is 0.511 e. The molecule has 1 unspecified atom stereocenters. The van der Waals surface area contributed by atoms with Gasteiger partial charge in [0.25, 0.3) is 0 Å². The summed E-state index contributed by atoms with van der Waals surface area (Å²) in [6.45, 7) is 6.89. The monoisotopic (exact) mass is 203 g/mol. The average Bonchev–Trinajstić information content (AvgIpc) is 2.03. The van der Waals surface area contributed by atoms with Crippen LogP contribution in [0.1, 0.15) is 27.2 Å². The van der Waals surface area contributed by atoms with Gasteiger partial charge in [-0.15, -0.1) is 0 Å². The molecule has 0 saturated heterocycles. The van der Waals surface area contributed by atoms with Crippen molar-refractivity contribution in [2.75, 3.05) is 6.61 Å². The standard InChI is InChI=1S/C9H15O5/c1-7(2)4-5-12-9(11)14-8(3)13-6-10/h7-8H,4-5H2,1-3H3. The molecule has 0 aliphatic carbocycles. The molecule has 0 saturated carbocycles. The van der Waals surface area contributed by atoms with Crippen molar-refractivity contribution < 1.29 is 23.8 Å². The van der Waals surface area contributed by atoms with Crippen LogP contribution in [0, 0.1) is 5.92 Å². The molecule has 5 heteroatoms. The molecular formula is C9H15O5. The van der Waals surface area contributed by atoms with Crippen molar-refractivity contribution in [3.63, 3.8) is 0 Å². The van der Waals surface area contributed by atoms with Crippen LogP contribution in [0.5, 0.6) is 0 Å². The summed E-state index contributed by atoms with van der Waals surface area (Å²) in [5, 5.41) is 0. The Kier molecular flexibility index (Phi) is 6.53. The van der Waals surface area contributed by atoms with Crippen molar-refractivity contribution in [3.05, 3.63) is 0 Å². The van der Waals surface area contributed by atoms with E-state index in [1.54, 1.807) is 0 Å². The van der Waals surface area contributed by atoms with E-state index in [4.69, 9.17) is 4.74 Å². The Hall–Kier alpha value is -1.26. The maximum Gasteiger partial charge on any atom is 0.511 e. The first kappa shape index (κ1) is 12.7. The van der Waals surface area contributed by atoms with Crippen LogP contribution in [-0.4, -0.2) is 25.5 Å². The highest BCUT2D eigenvalue weighted by Gasteiger charge is 2.10. The maximum atomic E-state index is 10.9. The van der Waals surface area contributed by atoms with Crippen molar-refractivity contribution in [2.24, 2.45) is 5.92 Å². The van der Waals surface area contributed by atoms with E-state index in [0.717, 1.165) is 12.9 Å². The summed E-state index contributed by atoms with van der Waals surface area (Å²) in [6, 6.07) is 0. The molecule has 0 amide bonds. The zero-order chi connectivity index (χ0) is 11.0. The van der Waals surface area contributed by atoms with Crippen molar-refractivity contribution in [2.45, 2.75) is 33.5 Å². The van der Waals surface area contributed by atoms with E-state index in [1.807, 2.05) is 13.8 Å². The summed E-state index contributed by atoms with van der Waals surface area (Å²) in [6.07, 6.45) is -1.03. The number of hydrogen-bond donors (Lipinski definition) is 0. The summed E-state index contributed by atoms with van der Waals surface area (Å²) in [7, 11) is 0. The molecule has 0 bridgehead atoms. The summed E-state index contributed by atoms with van der Waals surface area (Å²) in [5.41, 5.74) is 0. The third-order valence-corrected chi connectivity index (χ3v) is 1.39. The number of ether oxygens (including phenoxy) is 3. The number of hydrogen-bond acceptors (Lipinski definition) is 5. The van der Waals surface area contributed by atoms with Gasteiger partial charge in [0.15, 0.2) is 0 Å². The molecule has 81 valence electrons. The molecule has 0 aliphatic heterocycles. The van der Waals surface area contributed by atoms with Gasteiger partial charge in [-0.05, 0) is 12.3 Å². The lowest BCUT2D eigenvalue weighted by molar-refractivity contribution is -0.0612. The minimum atomic E-state index is -0.959. The lowest BCUT2D eigenvalue weighted by Gasteiger charge is -2.10. The average molecular weight is 203 g/mol. The Morgan fingerprint density at radius 3 is 2.50 bits per heavy atom. The van der Waals surface area contributed by atoms with Crippen LogP contribution in [0.4, 0.5) is 4.79 Å². The molecule has 0 heterocycles. The van der Waals surface area contributed by atoms with Crippen molar-refractivity contribution in [1.29, 1.82) is 0 Å². The second-order valence-corrected chi connectivity index (χ2v) is 3.17. The summed E-state index contributed by atoms with van der Waals surface area (Å²) in [4.78, 5) is 20.6. The molecule has 5 nitrogen and oxygen atoms in total. The quantitative estimate of drug-likeness (QED) is 0.484. The summed E-state index contributed by atoms with van der Waals surface area (Å²) < 4.78 is 13.4. The third kappa shape index (κ3) is 7.39. The summed E-state index contributed by atoms with van der Waals surface area (Å²) >= 11 is 0. The Morgan fingerprint density at radius 2 is 2.00 bits per heavy atom. The van der Waals surface area contributed by atoms with Gasteiger partial charge in [0.2, 0.25) is 6.29 Å². The van der Waals surface area contributed by atoms with Crippen LogP contribution in [0.3, 0.4) is 0 Å². The fraction of sp³-hybridized carbons (Fsp3) is 0.778. The van der Waals surface area contributed by atoms with E-state index in [0.29, 0.717) is 12.5 Å². The number of rotatable bonds is 6. The van der Waals surface area contributed by atoms with Gasteiger partial charge in [0, 0.05) is 6.92 Å². The van der Waals surface area contributed by atoms with Gasteiger partial charge in [-0.25, -0.2) is 9.59 Å². The highest BCUT2D eigenvalue weighted by molar-refractivity contribution is 5.60. The van der Waals surface area contributed by atoms with Gasteiger partial charge >= 0.3 is 12.6 Å². The molecule has 0 fully saturated rings. The Labute approximate surface area is 83.3 Å². The second kappa shape index (κ2) is 7.17.